The Balaban J connectivity index is 1.72. The monoisotopic (exact) mass is 243 g/mol. The smallest absolute Gasteiger partial charge is 0.133 e. The normalized spacial score (nSPS) is 22.1. The lowest BCUT2D eigenvalue weighted by atomic mass is 10.1. The minimum atomic E-state index is 0.137. The highest BCUT2D eigenvalue weighted by molar-refractivity contribution is 5.37. The highest BCUT2D eigenvalue weighted by atomic mass is 16.5. The van der Waals surface area contributed by atoms with Gasteiger partial charge in [-0.25, -0.2) is 0 Å². The molecule has 1 aliphatic carbocycles. The minimum absolute atomic E-state index is 0.137. The number of benzene rings is 1. The van der Waals surface area contributed by atoms with Crippen molar-refractivity contribution < 1.29 is 4.52 Å². The zero-order chi connectivity index (χ0) is 12.5. The van der Waals surface area contributed by atoms with Crippen molar-refractivity contribution in [1.29, 1.82) is 0 Å². The molecule has 1 aromatic carbocycles. The molecular weight excluding hydrogens is 226 g/mol. The Morgan fingerprint density at radius 2 is 2.17 bits per heavy atom. The average Bonchev–Trinajstić information content (AvgIpc) is 2.92. The van der Waals surface area contributed by atoms with Crippen molar-refractivity contribution >= 4 is 0 Å². The van der Waals surface area contributed by atoms with Gasteiger partial charge in [-0.1, -0.05) is 29.4 Å². The van der Waals surface area contributed by atoms with Gasteiger partial charge in [0, 0.05) is 24.7 Å². The molecule has 1 heterocycles. The van der Waals surface area contributed by atoms with Crippen LogP contribution in [-0.2, 0) is 6.54 Å². The third kappa shape index (κ3) is 2.05. The van der Waals surface area contributed by atoms with Gasteiger partial charge in [0.25, 0.3) is 0 Å². The molecule has 0 spiro atoms. The summed E-state index contributed by atoms with van der Waals surface area (Å²) in [4.78, 5) is 0. The molecule has 3 rings (SSSR count). The number of aryl methyl sites for hydroxylation is 1. The first-order valence-corrected chi connectivity index (χ1v) is 6.24. The van der Waals surface area contributed by atoms with Crippen LogP contribution in [0, 0.1) is 6.92 Å². The third-order valence-corrected chi connectivity index (χ3v) is 3.47. The van der Waals surface area contributed by atoms with Crippen molar-refractivity contribution in [3.8, 4) is 0 Å². The van der Waals surface area contributed by atoms with Crippen molar-refractivity contribution in [1.82, 2.24) is 10.5 Å². The van der Waals surface area contributed by atoms with Gasteiger partial charge in [0.1, 0.15) is 5.76 Å². The van der Waals surface area contributed by atoms with Crippen molar-refractivity contribution in [3.63, 3.8) is 0 Å². The lowest BCUT2D eigenvalue weighted by molar-refractivity contribution is 0.384. The van der Waals surface area contributed by atoms with E-state index in [0.29, 0.717) is 12.6 Å². The molecule has 0 radical (unpaired) electrons. The maximum absolute atomic E-state index is 6.14. The average molecular weight is 243 g/mol. The van der Waals surface area contributed by atoms with E-state index in [0.717, 1.165) is 17.9 Å². The number of hydrogen-bond donors (Lipinski definition) is 2. The summed E-state index contributed by atoms with van der Waals surface area (Å²) in [6.07, 6.45) is 0.941. The number of aromatic nitrogens is 1. The lowest BCUT2D eigenvalue weighted by Gasteiger charge is -2.12. The van der Waals surface area contributed by atoms with Crippen molar-refractivity contribution in [3.05, 3.63) is 52.9 Å². The van der Waals surface area contributed by atoms with E-state index in [-0.39, 0.29) is 6.04 Å². The number of nitrogens with one attached hydrogen (secondary N) is 1. The van der Waals surface area contributed by atoms with Gasteiger partial charge in [0.15, 0.2) is 0 Å². The molecule has 94 valence electrons. The topological polar surface area (TPSA) is 64.1 Å². The third-order valence-electron chi connectivity index (χ3n) is 3.47. The predicted molar refractivity (Wildman–Crippen MR) is 68.8 cm³/mol. The van der Waals surface area contributed by atoms with E-state index in [1.165, 1.54) is 11.1 Å². The molecule has 0 fully saturated rings. The van der Waals surface area contributed by atoms with Crippen LogP contribution in [0.5, 0.6) is 0 Å². The van der Waals surface area contributed by atoms with Crippen LogP contribution < -0.4 is 11.1 Å². The summed E-state index contributed by atoms with van der Waals surface area (Å²) in [5.41, 5.74) is 9.64. The second-order valence-corrected chi connectivity index (χ2v) is 4.83. The first kappa shape index (κ1) is 11.4. The van der Waals surface area contributed by atoms with Crippen LogP contribution in [0.1, 0.15) is 41.1 Å². The molecule has 2 unspecified atom stereocenters. The molecular formula is C14H17N3O. The molecule has 0 aliphatic heterocycles. The standard InChI is InChI=1S/C14H17N3O/c1-9-6-10(17-18-9)8-16-14-7-13(15)11-4-2-3-5-12(11)14/h2-6,13-14,16H,7-8,15H2,1H3. The zero-order valence-electron chi connectivity index (χ0n) is 10.4. The van der Waals surface area contributed by atoms with Crippen LogP contribution in [0.4, 0.5) is 0 Å². The predicted octanol–water partition coefficient (Wildman–Crippen LogP) is 2.22. The van der Waals surface area contributed by atoms with Crippen LogP contribution in [0.2, 0.25) is 0 Å². The van der Waals surface area contributed by atoms with E-state index in [1.54, 1.807) is 0 Å². The molecule has 18 heavy (non-hydrogen) atoms. The molecule has 3 N–H and O–H groups in total. The second kappa shape index (κ2) is 4.55. The molecule has 0 saturated carbocycles. The maximum atomic E-state index is 6.14. The van der Waals surface area contributed by atoms with Crippen LogP contribution in [0.25, 0.3) is 0 Å². The van der Waals surface area contributed by atoms with Crippen molar-refractivity contribution in [2.24, 2.45) is 5.73 Å². The van der Waals surface area contributed by atoms with E-state index in [1.807, 2.05) is 19.1 Å². The Bertz CT molecular complexity index is 549. The SMILES string of the molecule is Cc1cc(CNC2CC(N)c3ccccc32)no1. The summed E-state index contributed by atoms with van der Waals surface area (Å²) in [6.45, 7) is 2.61. The van der Waals surface area contributed by atoms with Gasteiger partial charge in [0.2, 0.25) is 0 Å². The molecule has 2 atom stereocenters. The largest absolute Gasteiger partial charge is 0.361 e. The van der Waals surface area contributed by atoms with Crippen LogP contribution >= 0.6 is 0 Å². The maximum Gasteiger partial charge on any atom is 0.133 e. The first-order chi connectivity index (χ1) is 8.74. The highest BCUT2D eigenvalue weighted by Gasteiger charge is 2.27. The van der Waals surface area contributed by atoms with E-state index < -0.39 is 0 Å². The van der Waals surface area contributed by atoms with Crippen molar-refractivity contribution in [2.45, 2.75) is 32.0 Å². The first-order valence-electron chi connectivity index (χ1n) is 6.24. The Hall–Kier alpha value is -1.65. The van der Waals surface area contributed by atoms with Crippen LogP contribution in [0.3, 0.4) is 0 Å². The van der Waals surface area contributed by atoms with Gasteiger partial charge in [-0.2, -0.15) is 0 Å². The van der Waals surface area contributed by atoms with E-state index in [2.05, 4.69) is 28.7 Å². The highest BCUT2D eigenvalue weighted by Crippen LogP contribution is 2.36. The number of nitrogens with zero attached hydrogens (tertiary/aromatic N) is 1. The number of rotatable bonds is 3. The van der Waals surface area contributed by atoms with Gasteiger partial charge in [0.05, 0.1) is 5.69 Å². The van der Waals surface area contributed by atoms with Gasteiger partial charge in [-0.3, -0.25) is 0 Å². The fourth-order valence-electron chi connectivity index (χ4n) is 2.60. The van der Waals surface area contributed by atoms with Crippen LogP contribution in [-0.4, -0.2) is 5.16 Å². The molecule has 4 nitrogen and oxygen atoms in total. The number of nitrogens with two attached hydrogens (primary N) is 1. The Morgan fingerprint density at radius 1 is 1.39 bits per heavy atom. The minimum Gasteiger partial charge on any atom is -0.361 e. The zero-order valence-corrected chi connectivity index (χ0v) is 10.4. The van der Waals surface area contributed by atoms with Gasteiger partial charge in [-0.15, -0.1) is 0 Å². The summed E-state index contributed by atoms with van der Waals surface area (Å²) in [6, 6.07) is 10.8. The summed E-state index contributed by atoms with van der Waals surface area (Å²) in [7, 11) is 0. The number of fused-ring (bicyclic) bond motifs is 1. The summed E-state index contributed by atoms with van der Waals surface area (Å²) in [5, 5.41) is 7.48. The van der Waals surface area contributed by atoms with Gasteiger partial charge >= 0.3 is 0 Å². The molecule has 1 aliphatic rings. The molecule has 4 heteroatoms. The number of hydrogen-bond acceptors (Lipinski definition) is 4. The molecule has 0 saturated heterocycles. The van der Waals surface area contributed by atoms with Gasteiger partial charge < -0.3 is 15.6 Å². The van der Waals surface area contributed by atoms with E-state index >= 15 is 0 Å². The van der Waals surface area contributed by atoms with Crippen molar-refractivity contribution in [2.75, 3.05) is 0 Å². The van der Waals surface area contributed by atoms with Gasteiger partial charge in [-0.05, 0) is 24.5 Å². The fraction of sp³-hybridized carbons (Fsp3) is 0.357. The molecule has 0 amide bonds. The molecule has 1 aromatic heterocycles. The quantitative estimate of drug-likeness (QED) is 0.867. The van der Waals surface area contributed by atoms with E-state index in [9.17, 15) is 0 Å². The Labute approximate surface area is 106 Å². The summed E-state index contributed by atoms with van der Waals surface area (Å²) in [5.74, 6) is 0.843. The van der Waals surface area contributed by atoms with Crippen LogP contribution in [0.15, 0.2) is 34.9 Å². The Kier molecular flexibility index (Phi) is 2.89. The van der Waals surface area contributed by atoms with E-state index in [4.69, 9.17) is 10.3 Å². The second-order valence-electron chi connectivity index (χ2n) is 4.83. The summed E-state index contributed by atoms with van der Waals surface area (Å²) < 4.78 is 5.06. The molecule has 0 bridgehead atoms. The molecule has 2 aromatic rings. The fourth-order valence-corrected chi connectivity index (χ4v) is 2.60. The summed E-state index contributed by atoms with van der Waals surface area (Å²) >= 11 is 0. The Morgan fingerprint density at radius 3 is 2.89 bits per heavy atom. The lowest BCUT2D eigenvalue weighted by Crippen LogP contribution is -2.19.